The number of imidazole rings is 1. The van der Waals surface area contributed by atoms with E-state index in [4.69, 9.17) is 9.97 Å². The quantitative estimate of drug-likeness (QED) is 0.545. The van der Waals surface area contributed by atoms with Crippen LogP contribution in [0.25, 0.3) is 23.0 Å². The van der Waals surface area contributed by atoms with Crippen LogP contribution in [0.2, 0.25) is 0 Å². The van der Waals surface area contributed by atoms with Crippen molar-refractivity contribution in [2.45, 2.75) is 58.0 Å². The Bertz CT molecular complexity index is 1220. The van der Waals surface area contributed by atoms with E-state index in [1.165, 1.54) is 25.7 Å². The summed E-state index contributed by atoms with van der Waals surface area (Å²) in [6.07, 6.45) is 14.9. The Morgan fingerprint density at radius 2 is 2.00 bits per heavy atom. The summed E-state index contributed by atoms with van der Waals surface area (Å²) in [6.45, 7) is 4.19. The lowest BCUT2D eigenvalue weighted by atomic mass is 10.0. The molecule has 4 aromatic heterocycles. The molecule has 10 nitrogen and oxygen atoms in total. The SMILES string of the molecule is CCC1c2nnc(C)n2-c2cnc(-n3ccnc3-c3cn[nH]c3)nc2N1C1CCCC1. The molecular formula is C21H24N10. The van der Waals surface area contributed by atoms with E-state index in [-0.39, 0.29) is 6.04 Å². The Kier molecular flexibility index (Phi) is 4.12. The number of aromatic amines is 1. The maximum absolute atomic E-state index is 5.10. The van der Waals surface area contributed by atoms with E-state index in [1.54, 1.807) is 12.4 Å². The molecule has 0 amide bonds. The van der Waals surface area contributed by atoms with Gasteiger partial charge >= 0.3 is 0 Å². The van der Waals surface area contributed by atoms with Gasteiger partial charge in [-0.3, -0.25) is 14.2 Å². The largest absolute Gasteiger partial charge is 0.341 e. The molecule has 1 aliphatic carbocycles. The van der Waals surface area contributed by atoms with Gasteiger partial charge in [0.2, 0.25) is 5.95 Å². The molecular weight excluding hydrogens is 392 g/mol. The molecule has 1 fully saturated rings. The Morgan fingerprint density at radius 3 is 2.77 bits per heavy atom. The molecule has 1 aliphatic heterocycles. The summed E-state index contributed by atoms with van der Waals surface area (Å²) < 4.78 is 4.02. The fraction of sp³-hybridized carbons (Fsp3) is 0.429. The fourth-order valence-electron chi connectivity index (χ4n) is 5.03. The molecule has 158 valence electrons. The number of nitrogens with zero attached hydrogens (tertiary/aromatic N) is 9. The first-order valence-corrected chi connectivity index (χ1v) is 10.9. The van der Waals surface area contributed by atoms with Crippen LogP contribution in [-0.2, 0) is 0 Å². The minimum atomic E-state index is 0.149. The number of aryl methyl sites for hydroxylation is 1. The first-order chi connectivity index (χ1) is 15.3. The summed E-state index contributed by atoms with van der Waals surface area (Å²) in [6, 6.07) is 0.601. The average molecular weight is 416 g/mol. The lowest BCUT2D eigenvalue weighted by molar-refractivity contribution is 0.467. The number of hydrogen-bond donors (Lipinski definition) is 1. The third kappa shape index (κ3) is 2.70. The second-order valence-electron chi connectivity index (χ2n) is 8.20. The van der Waals surface area contributed by atoms with E-state index < -0.39 is 0 Å². The van der Waals surface area contributed by atoms with Crippen LogP contribution in [-0.4, -0.2) is 50.5 Å². The highest BCUT2D eigenvalue weighted by molar-refractivity contribution is 5.64. The van der Waals surface area contributed by atoms with Gasteiger partial charge in [0.15, 0.2) is 11.6 Å². The van der Waals surface area contributed by atoms with Gasteiger partial charge < -0.3 is 4.90 Å². The molecule has 0 spiro atoms. The van der Waals surface area contributed by atoms with Gasteiger partial charge in [-0.1, -0.05) is 19.8 Å². The summed E-state index contributed by atoms with van der Waals surface area (Å²) in [7, 11) is 0. The zero-order chi connectivity index (χ0) is 20.9. The van der Waals surface area contributed by atoms with Gasteiger partial charge in [0, 0.05) is 24.6 Å². The Balaban J connectivity index is 1.54. The van der Waals surface area contributed by atoms with E-state index in [0.29, 0.717) is 12.0 Å². The summed E-state index contributed by atoms with van der Waals surface area (Å²) >= 11 is 0. The smallest absolute Gasteiger partial charge is 0.237 e. The van der Waals surface area contributed by atoms with Crippen LogP contribution in [0.4, 0.5) is 5.82 Å². The van der Waals surface area contributed by atoms with Gasteiger partial charge in [-0.15, -0.1) is 10.2 Å². The predicted molar refractivity (Wildman–Crippen MR) is 114 cm³/mol. The number of hydrogen-bond acceptors (Lipinski definition) is 7. The summed E-state index contributed by atoms with van der Waals surface area (Å²) in [5, 5.41) is 15.8. The third-order valence-corrected chi connectivity index (χ3v) is 6.42. The molecule has 1 N–H and O–H groups in total. The van der Waals surface area contributed by atoms with Crippen molar-refractivity contribution in [2.75, 3.05) is 4.90 Å². The first kappa shape index (κ1) is 18.2. The molecule has 0 aromatic carbocycles. The topological polar surface area (TPSA) is 106 Å². The molecule has 0 bridgehead atoms. The van der Waals surface area contributed by atoms with Crippen molar-refractivity contribution >= 4 is 5.82 Å². The fourth-order valence-corrected chi connectivity index (χ4v) is 5.03. The van der Waals surface area contributed by atoms with Gasteiger partial charge in [0.05, 0.1) is 24.0 Å². The van der Waals surface area contributed by atoms with E-state index in [2.05, 4.69) is 41.8 Å². The molecule has 10 heteroatoms. The van der Waals surface area contributed by atoms with Crippen LogP contribution in [0.15, 0.2) is 31.0 Å². The number of H-pyrrole nitrogens is 1. The normalized spacial score (nSPS) is 18.4. The number of rotatable bonds is 4. The number of nitrogens with one attached hydrogen (secondary N) is 1. The van der Waals surface area contributed by atoms with E-state index in [9.17, 15) is 0 Å². The maximum Gasteiger partial charge on any atom is 0.237 e. The Labute approximate surface area is 179 Å². The summed E-state index contributed by atoms with van der Waals surface area (Å²) in [4.78, 5) is 16.8. The minimum Gasteiger partial charge on any atom is -0.341 e. The standard InChI is InChI=1S/C21H24N10/c1-3-16-20-28-27-13(2)30(20)17-12-23-21(26-19(17)31(16)15-6-4-5-7-15)29-9-8-22-18(29)14-10-24-25-11-14/h8-12,15-16H,3-7H2,1-2H3,(H,24,25). The van der Waals surface area contributed by atoms with Crippen molar-refractivity contribution in [1.29, 1.82) is 0 Å². The van der Waals surface area contributed by atoms with E-state index >= 15 is 0 Å². The van der Waals surface area contributed by atoms with Crippen LogP contribution in [0.1, 0.15) is 56.7 Å². The molecule has 1 unspecified atom stereocenters. The van der Waals surface area contributed by atoms with Gasteiger partial charge in [-0.05, 0) is 26.2 Å². The Morgan fingerprint density at radius 1 is 1.13 bits per heavy atom. The predicted octanol–water partition coefficient (Wildman–Crippen LogP) is 3.16. The molecule has 2 aliphatic rings. The van der Waals surface area contributed by atoms with Crippen LogP contribution in [0.3, 0.4) is 0 Å². The van der Waals surface area contributed by atoms with Gasteiger partial charge in [0.25, 0.3) is 0 Å². The molecule has 4 aromatic rings. The molecule has 5 heterocycles. The van der Waals surface area contributed by atoms with Crippen molar-refractivity contribution in [3.8, 4) is 23.0 Å². The van der Waals surface area contributed by atoms with Gasteiger partial charge in [-0.25, -0.2) is 9.97 Å². The molecule has 0 saturated heterocycles. The van der Waals surface area contributed by atoms with Gasteiger partial charge in [0.1, 0.15) is 17.3 Å². The maximum atomic E-state index is 5.10. The second kappa shape index (κ2) is 7.00. The summed E-state index contributed by atoms with van der Waals surface area (Å²) in [5.74, 6) is 4.15. The van der Waals surface area contributed by atoms with Crippen molar-refractivity contribution in [3.63, 3.8) is 0 Å². The number of anilines is 1. The molecule has 6 rings (SSSR count). The van der Waals surface area contributed by atoms with Crippen LogP contribution >= 0.6 is 0 Å². The highest BCUT2D eigenvalue weighted by Crippen LogP contribution is 2.43. The first-order valence-electron chi connectivity index (χ1n) is 10.9. The third-order valence-electron chi connectivity index (χ3n) is 6.42. The van der Waals surface area contributed by atoms with E-state index in [0.717, 1.165) is 41.0 Å². The highest BCUT2D eigenvalue weighted by atomic mass is 15.4. The van der Waals surface area contributed by atoms with Crippen molar-refractivity contribution in [2.24, 2.45) is 0 Å². The van der Waals surface area contributed by atoms with Crippen LogP contribution < -0.4 is 4.90 Å². The van der Waals surface area contributed by atoms with Crippen molar-refractivity contribution in [1.82, 2.24) is 44.5 Å². The second-order valence-corrected chi connectivity index (χ2v) is 8.20. The number of aromatic nitrogens is 9. The van der Waals surface area contributed by atoms with Crippen molar-refractivity contribution in [3.05, 3.63) is 42.6 Å². The van der Waals surface area contributed by atoms with Gasteiger partial charge in [-0.2, -0.15) is 10.1 Å². The minimum absolute atomic E-state index is 0.149. The number of fused-ring (bicyclic) bond motifs is 3. The van der Waals surface area contributed by atoms with Crippen LogP contribution in [0.5, 0.6) is 0 Å². The zero-order valence-electron chi connectivity index (χ0n) is 17.6. The zero-order valence-corrected chi connectivity index (χ0v) is 17.6. The Hall–Kier alpha value is -3.56. The molecule has 31 heavy (non-hydrogen) atoms. The monoisotopic (exact) mass is 416 g/mol. The molecule has 0 radical (unpaired) electrons. The highest BCUT2D eigenvalue weighted by Gasteiger charge is 2.39. The van der Waals surface area contributed by atoms with Crippen LogP contribution in [0, 0.1) is 6.92 Å². The molecule has 1 atom stereocenters. The lowest BCUT2D eigenvalue weighted by Gasteiger charge is -2.41. The summed E-state index contributed by atoms with van der Waals surface area (Å²) in [5.41, 5.74) is 1.84. The molecule has 1 saturated carbocycles. The van der Waals surface area contributed by atoms with Crippen molar-refractivity contribution < 1.29 is 0 Å². The van der Waals surface area contributed by atoms with E-state index in [1.807, 2.05) is 30.1 Å². The lowest BCUT2D eigenvalue weighted by Crippen LogP contribution is -2.42. The average Bonchev–Trinajstić information content (AvgIpc) is 3.59.